The van der Waals surface area contributed by atoms with Gasteiger partial charge in [0, 0.05) is 10.9 Å². The lowest BCUT2D eigenvalue weighted by Gasteiger charge is -2.13. The van der Waals surface area contributed by atoms with Crippen molar-refractivity contribution in [2.24, 2.45) is 0 Å². The average Bonchev–Trinajstić information content (AvgIpc) is 2.34. The number of fused-ring (bicyclic) bond motifs is 1. The van der Waals surface area contributed by atoms with Gasteiger partial charge < -0.3 is 4.74 Å². The molecule has 120 valence electrons. The first-order chi connectivity index (χ1) is 9.97. The zero-order valence-electron chi connectivity index (χ0n) is 10.3. The molecule has 0 aliphatic heterocycles. The summed E-state index contributed by atoms with van der Waals surface area (Å²) in [6, 6.07) is 2.11. The van der Waals surface area contributed by atoms with Crippen LogP contribution in [0, 0.1) is 0 Å². The predicted octanol–water partition coefficient (Wildman–Crippen LogP) is 5.09. The highest BCUT2D eigenvalue weighted by Gasteiger charge is 2.35. The molecule has 0 amide bonds. The molecule has 1 aromatic heterocycles. The second-order valence-electron chi connectivity index (χ2n) is 4.12. The van der Waals surface area contributed by atoms with E-state index in [-0.39, 0.29) is 6.07 Å². The lowest BCUT2D eigenvalue weighted by molar-refractivity contribution is -0.274. The van der Waals surface area contributed by atoms with E-state index in [2.05, 4.69) is 9.72 Å². The van der Waals surface area contributed by atoms with Crippen LogP contribution in [0.5, 0.6) is 5.75 Å². The molecule has 1 aromatic carbocycles. The third kappa shape index (κ3) is 3.55. The highest BCUT2D eigenvalue weighted by molar-refractivity contribution is 5.84. The van der Waals surface area contributed by atoms with Gasteiger partial charge in [-0.25, -0.2) is 13.8 Å². The lowest BCUT2D eigenvalue weighted by atomic mass is 10.1. The Morgan fingerprint density at radius 3 is 2.09 bits per heavy atom. The van der Waals surface area contributed by atoms with E-state index in [9.17, 15) is 35.1 Å². The molecule has 0 saturated heterocycles. The number of benzene rings is 1. The molecular formula is C12H5F8NO. The zero-order valence-corrected chi connectivity index (χ0v) is 10.3. The summed E-state index contributed by atoms with van der Waals surface area (Å²) in [7, 11) is 0. The first-order valence-electron chi connectivity index (χ1n) is 5.53. The average molecular weight is 331 g/mol. The topological polar surface area (TPSA) is 22.1 Å². The summed E-state index contributed by atoms with van der Waals surface area (Å²) in [4.78, 5) is 3.13. The van der Waals surface area contributed by atoms with Gasteiger partial charge in [0.2, 0.25) is 0 Å². The van der Waals surface area contributed by atoms with Gasteiger partial charge in [0.1, 0.15) is 11.4 Å². The summed E-state index contributed by atoms with van der Waals surface area (Å²) in [5, 5.41) is -0.551. The molecule has 22 heavy (non-hydrogen) atoms. The molecule has 0 N–H and O–H groups in total. The van der Waals surface area contributed by atoms with E-state index in [1.54, 1.807) is 0 Å². The Balaban J connectivity index is 2.64. The van der Waals surface area contributed by atoms with Crippen LogP contribution in [-0.4, -0.2) is 11.3 Å². The van der Waals surface area contributed by atoms with Gasteiger partial charge in [0.05, 0.1) is 5.52 Å². The van der Waals surface area contributed by atoms with Gasteiger partial charge in [0.15, 0.2) is 0 Å². The van der Waals surface area contributed by atoms with Crippen molar-refractivity contribution in [3.63, 3.8) is 0 Å². The fourth-order valence-electron chi connectivity index (χ4n) is 1.75. The van der Waals surface area contributed by atoms with E-state index in [0.717, 1.165) is 6.07 Å². The van der Waals surface area contributed by atoms with Crippen molar-refractivity contribution in [2.75, 3.05) is 0 Å². The molecule has 0 aliphatic rings. The van der Waals surface area contributed by atoms with Crippen molar-refractivity contribution < 1.29 is 39.9 Å². The van der Waals surface area contributed by atoms with Crippen molar-refractivity contribution in [1.82, 2.24) is 4.98 Å². The minimum Gasteiger partial charge on any atom is -0.406 e. The van der Waals surface area contributed by atoms with Crippen LogP contribution in [0.15, 0.2) is 24.3 Å². The van der Waals surface area contributed by atoms with Crippen LogP contribution in [-0.2, 0) is 6.18 Å². The fraction of sp³-hybridized carbons (Fsp3) is 0.250. The van der Waals surface area contributed by atoms with Gasteiger partial charge >= 0.3 is 12.5 Å². The van der Waals surface area contributed by atoms with E-state index in [0.29, 0.717) is 12.1 Å². The van der Waals surface area contributed by atoms with Crippen LogP contribution in [0.3, 0.4) is 0 Å². The molecule has 0 radical (unpaired) electrons. The molecular weight excluding hydrogens is 326 g/mol. The highest BCUT2D eigenvalue weighted by Crippen LogP contribution is 2.36. The van der Waals surface area contributed by atoms with E-state index in [1.165, 1.54) is 0 Å². The maximum atomic E-state index is 12.9. The van der Waals surface area contributed by atoms with Gasteiger partial charge in [-0.2, -0.15) is 13.2 Å². The minimum atomic E-state index is -5.06. The SMILES string of the molecule is FC(F)c1cc(C(F)(F)F)nc2ccc(OC(F)(F)F)cc12. The zero-order chi connectivity index (χ0) is 16.7. The summed E-state index contributed by atoms with van der Waals surface area (Å²) in [6.45, 7) is 0. The summed E-state index contributed by atoms with van der Waals surface area (Å²) in [5.41, 5.74) is -3.15. The van der Waals surface area contributed by atoms with Crippen LogP contribution in [0.4, 0.5) is 35.1 Å². The van der Waals surface area contributed by atoms with E-state index in [1.807, 2.05) is 0 Å². The van der Waals surface area contributed by atoms with Crippen LogP contribution >= 0.6 is 0 Å². The number of rotatable bonds is 2. The Labute approximate surface area is 117 Å². The maximum absolute atomic E-state index is 12.9. The first-order valence-corrected chi connectivity index (χ1v) is 5.53. The number of pyridine rings is 1. The minimum absolute atomic E-state index is 0.102. The number of halogens is 8. The molecule has 1 heterocycles. The van der Waals surface area contributed by atoms with E-state index < -0.39 is 46.9 Å². The predicted molar refractivity (Wildman–Crippen MR) is 58.4 cm³/mol. The van der Waals surface area contributed by atoms with Crippen molar-refractivity contribution in [2.45, 2.75) is 19.0 Å². The molecule has 2 nitrogen and oxygen atoms in total. The molecule has 0 spiro atoms. The molecule has 0 fully saturated rings. The molecule has 0 unspecified atom stereocenters. The van der Waals surface area contributed by atoms with Crippen LogP contribution in [0.2, 0.25) is 0 Å². The van der Waals surface area contributed by atoms with Gasteiger partial charge in [-0.1, -0.05) is 0 Å². The van der Waals surface area contributed by atoms with Crippen molar-refractivity contribution >= 4 is 10.9 Å². The number of nitrogens with zero attached hydrogens (tertiary/aromatic N) is 1. The van der Waals surface area contributed by atoms with Gasteiger partial charge in [-0.05, 0) is 24.3 Å². The van der Waals surface area contributed by atoms with Gasteiger partial charge in [-0.3, -0.25) is 0 Å². The number of aromatic nitrogens is 1. The molecule has 10 heteroatoms. The summed E-state index contributed by atoms with van der Waals surface area (Å²) in [6.07, 6.45) is -13.3. The molecule has 2 rings (SSSR count). The van der Waals surface area contributed by atoms with E-state index in [4.69, 9.17) is 0 Å². The largest absolute Gasteiger partial charge is 0.573 e. The highest BCUT2D eigenvalue weighted by atomic mass is 19.4. The normalized spacial score (nSPS) is 13.0. The Kier molecular flexibility index (Phi) is 3.88. The third-order valence-corrected chi connectivity index (χ3v) is 2.57. The molecule has 0 aliphatic carbocycles. The second kappa shape index (κ2) is 5.25. The van der Waals surface area contributed by atoms with Crippen molar-refractivity contribution in [1.29, 1.82) is 0 Å². The fourth-order valence-corrected chi connectivity index (χ4v) is 1.75. The standard InChI is InChI=1S/C12H5F8NO/c13-10(14)7-4-9(11(15,16)17)21-8-2-1-5(3-6(7)8)22-12(18,19)20/h1-4,10H. The van der Waals surface area contributed by atoms with Crippen molar-refractivity contribution in [3.8, 4) is 5.75 Å². The Bertz CT molecular complexity index is 692. The molecule has 0 saturated carbocycles. The molecule has 2 aromatic rings. The number of ether oxygens (including phenoxy) is 1. The number of hydrogen-bond acceptors (Lipinski definition) is 2. The summed E-state index contributed by atoms with van der Waals surface area (Å²) < 4.78 is 103. The lowest BCUT2D eigenvalue weighted by Crippen LogP contribution is -2.17. The Hall–Kier alpha value is -2.13. The van der Waals surface area contributed by atoms with Crippen molar-refractivity contribution in [3.05, 3.63) is 35.5 Å². The van der Waals surface area contributed by atoms with Gasteiger partial charge in [0.25, 0.3) is 6.43 Å². The van der Waals surface area contributed by atoms with Crippen LogP contribution in [0.1, 0.15) is 17.7 Å². The Morgan fingerprint density at radius 1 is 0.955 bits per heavy atom. The molecule has 0 atom stereocenters. The van der Waals surface area contributed by atoms with Crippen LogP contribution in [0.25, 0.3) is 10.9 Å². The van der Waals surface area contributed by atoms with E-state index >= 15 is 0 Å². The molecule has 0 bridgehead atoms. The number of hydrogen-bond donors (Lipinski definition) is 0. The van der Waals surface area contributed by atoms with Gasteiger partial charge in [-0.15, -0.1) is 13.2 Å². The summed E-state index contributed by atoms with van der Waals surface area (Å²) in [5.74, 6) is -0.830. The second-order valence-corrected chi connectivity index (χ2v) is 4.12. The van der Waals surface area contributed by atoms with Crippen LogP contribution < -0.4 is 4.74 Å². The summed E-state index contributed by atoms with van der Waals surface area (Å²) >= 11 is 0. The third-order valence-electron chi connectivity index (χ3n) is 2.57. The monoisotopic (exact) mass is 331 g/mol. The number of alkyl halides is 8. The Morgan fingerprint density at radius 2 is 1.59 bits per heavy atom. The quantitative estimate of drug-likeness (QED) is 0.715. The first kappa shape index (κ1) is 16.2. The smallest absolute Gasteiger partial charge is 0.406 e. The maximum Gasteiger partial charge on any atom is 0.573 e.